The van der Waals surface area contributed by atoms with Gasteiger partial charge in [-0.3, -0.25) is 0 Å². The average Bonchev–Trinajstić information content (AvgIpc) is 3.45. The molecule has 3 atom stereocenters. The van der Waals surface area contributed by atoms with E-state index in [0.717, 1.165) is 42.3 Å². The van der Waals surface area contributed by atoms with E-state index in [4.69, 9.17) is 19.4 Å². The van der Waals surface area contributed by atoms with Crippen molar-refractivity contribution in [1.29, 1.82) is 0 Å². The molecule has 7 rings (SSSR count). The molecule has 2 aliphatic carbocycles. The van der Waals surface area contributed by atoms with Crippen molar-refractivity contribution < 1.29 is 18.3 Å². The quantitative estimate of drug-likeness (QED) is 0.288. The minimum Gasteiger partial charge on any atom is -0.347 e. The number of aromatic nitrogens is 3. The molecule has 7 heteroatoms. The van der Waals surface area contributed by atoms with Crippen molar-refractivity contribution in [2.75, 3.05) is 13.2 Å². The van der Waals surface area contributed by atoms with E-state index < -0.39 is 12.5 Å². The van der Waals surface area contributed by atoms with Gasteiger partial charge in [-0.15, -0.1) is 0 Å². The van der Waals surface area contributed by atoms with Gasteiger partial charge >= 0.3 is 0 Å². The van der Waals surface area contributed by atoms with E-state index in [1.165, 1.54) is 6.07 Å². The molecule has 39 heavy (non-hydrogen) atoms. The summed E-state index contributed by atoms with van der Waals surface area (Å²) in [4.78, 5) is 14.8. The molecule has 4 aromatic rings. The normalized spacial score (nSPS) is 25.5. The maximum absolute atomic E-state index is 15.3. The van der Waals surface area contributed by atoms with Gasteiger partial charge in [-0.05, 0) is 49.4 Å². The lowest BCUT2D eigenvalue weighted by Gasteiger charge is -2.54. The van der Waals surface area contributed by atoms with Gasteiger partial charge < -0.3 is 9.47 Å². The largest absolute Gasteiger partial charge is 0.347 e. The summed E-state index contributed by atoms with van der Waals surface area (Å²) in [5.41, 5.74) is 4.50. The van der Waals surface area contributed by atoms with E-state index in [-0.39, 0.29) is 23.1 Å². The molecular weight excluding hydrogens is 496 g/mol. The lowest BCUT2D eigenvalue weighted by atomic mass is 9.54. The zero-order chi connectivity index (χ0) is 26.8. The van der Waals surface area contributed by atoms with Crippen LogP contribution in [-0.2, 0) is 28.0 Å². The van der Waals surface area contributed by atoms with Crippen LogP contribution < -0.4 is 0 Å². The maximum Gasteiger partial charge on any atom is 0.171 e. The van der Waals surface area contributed by atoms with Crippen LogP contribution >= 0.6 is 0 Å². The van der Waals surface area contributed by atoms with Crippen molar-refractivity contribution in [3.63, 3.8) is 0 Å². The molecule has 1 aliphatic heterocycles. The number of ether oxygens (including phenoxy) is 2. The van der Waals surface area contributed by atoms with Crippen molar-refractivity contribution in [1.82, 2.24) is 15.0 Å². The predicted octanol–water partition coefficient (Wildman–Crippen LogP) is 6.96. The van der Waals surface area contributed by atoms with Crippen molar-refractivity contribution in [3.05, 3.63) is 77.4 Å². The third-order valence-corrected chi connectivity index (χ3v) is 9.41. The highest BCUT2D eigenvalue weighted by Gasteiger charge is 2.58. The zero-order valence-corrected chi connectivity index (χ0v) is 22.2. The number of nitrogens with zero attached hydrogens (tertiary/aromatic N) is 3. The minimum absolute atomic E-state index is 0.183. The van der Waals surface area contributed by atoms with Crippen molar-refractivity contribution >= 4 is 10.9 Å². The fourth-order valence-corrected chi connectivity index (χ4v) is 7.42. The summed E-state index contributed by atoms with van der Waals surface area (Å²) >= 11 is 0. The number of para-hydroxylation sites is 1. The zero-order valence-electron chi connectivity index (χ0n) is 22.2. The van der Waals surface area contributed by atoms with Crippen molar-refractivity contribution in [2.24, 2.45) is 11.8 Å². The molecule has 200 valence electrons. The van der Waals surface area contributed by atoms with E-state index in [1.807, 2.05) is 30.3 Å². The Balaban J connectivity index is 1.48. The van der Waals surface area contributed by atoms with Crippen LogP contribution in [0.5, 0.6) is 0 Å². The van der Waals surface area contributed by atoms with Gasteiger partial charge in [0.05, 0.1) is 35.8 Å². The number of alkyl halides is 1. The van der Waals surface area contributed by atoms with Crippen LogP contribution in [0.1, 0.15) is 50.1 Å². The number of pyridine rings is 1. The second-order valence-corrected chi connectivity index (χ2v) is 11.4. The molecule has 1 saturated heterocycles. The van der Waals surface area contributed by atoms with Crippen molar-refractivity contribution in [3.8, 4) is 22.6 Å². The van der Waals surface area contributed by atoms with Crippen LogP contribution in [0.3, 0.4) is 0 Å². The Kier molecular flexibility index (Phi) is 5.79. The molecule has 2 aromatic heterocycles. The predicted molar refractivity (Wildman–Crippen MR) is 145 cm³/mol. The summed E-state index contributed by atoms with van der Waals surface area (Å²) in [5.74, 6) is 0.0853. The SMILES string of the molecule is C[C@@H]1[C@H]2CCc3c(-c4ccccc4F)nc(-c4cc(CF)nc5ccccc45)nc3[C@]2(C)CCC12OCCO2. The van der Waals surface area contributed by atoms with E-state index in [2.05, 4.69) is 18.8 Å². The van der Waals surface area contributed by atoms with Gasteiger partial charge in [0.2, 0.25) is 0 Å². The molecule has 0 radical (unpaired) electrons. The molecule has 0 unspecified atom stereocenters. The fraction of sp³-hybridized carbons (Fsp3) is 0.406. The van der Waals surface area contributed by atoms with Gasteiger partial charge in [0, 0.05) is 39.8 Å². The molecule has 1 saturated carbocycles. The monoisotopic (exact) mass is 527 g/mol. The Labute approximate surface area is 226 Å². The molecule has 5 nitrogen and oxygen atoms in total. The molecule has 3 aliphatic rings. The number of hydrogen-bond donors (Lipinski definition) is 0. The topological polar surface area (TPSA) is 57.1 Å². The van der Waals surface area contributed by atoms with Crippen LogP contribution in [-0.4, -0.2) is 34.0 Å². The van der Waals surface area contributed by atoms with Crippen LogP contribution in [0.25, 0.3) is 33.5 Å². The molecule has 2 fully saturated rings. The van der Waals surface area contributed by atoms with E-state index >= 15 is 4.39 Å². The number of rotatable bonds is 3. The number of halogens is 2. The van der Waals surface area contributed by atoms with Gasteiger partial charge in [-0.25, -0.2) is 23.7 Å². The van der Waals surface area contributed by atoms with Gasteiger partial charge in [0.15, 0.2) is 11.6 Å². The van der Waals surface area contributed by atoms with Gasteiger partial charge in [-0.2, -0.15) is 0 Å². The smallest absolute Gasteiger partial charge is 0.171 e. The standard InChI is InChI=1S/C32H31F2N3O2/c1-19-25-12-11-23-28(22-8-3-5-9-26(22)34)36-30(24-17-20(18-33)35-27-10-6-4-7-21(24)27)37-29(23)31(25,2)13-14-32(19)38-15-16-39-32/h3-10,17,19,25H,11-16,18H2,1-2H3/t19-,25-,31-/m1/s1. The average molecular weight is 528 g/mol. The number of benzene rings is 2. The van der Waals surface area contributed by atoms with E-state index in [9.17, 15) is 4.39 Å². The van der Waals surface area contributed by atoms with Crippen LogP contribution in [0, 0.1) is 17.7 Å². The van der Waals surface area contributed by atoms with Crippen LogP contribution in [0.4, 0.5) is 8.78 Å². The molecule has 3 heterocycles. The van der Waals surface area contributed by atoms with Gasteiger partial charge in [-0.1, -0.05) is 44.2 Å². The van der Waals surface area contributed by atoms with E-state index in [0.29, 0.717) is 47.1 Å². The Hall–Kier alpha value is -3.29. The second kappa shape index (κ2) is 9.14. The minimum atomic E-state index is -0.692. The fourth-order valence-electron chi connectivity index (χ4n) is 7.42. The summed E-state index contributed by atoms with van der Waals surface area (Å²) in [5, 5.41) is 0.843. The molecule has 0 bridgehead atoms. The first-order chi connectivity index (χ1) is 18.9. The van der Waals surface area contributed by atoms with E-state index in [1.54, 1.807) is 18.2 Å². The summed E-state index contributed by atoms with van der Waals surface area (Å²) in [6.45, 7) is 5.08. The first kappa shape index (κ1) is 24.7. The molecule has 0 amide bonds. The Bertz CT molecular complexity index is 1590. The number of hydrogen-bond acceptors (Lipinski definition) is 5. The van der Waals surface area contributed by atoms with Gasteiger partial charge in [0.25, 0.3) is 0 Å². The summed E-state index contributed by atoms with van der Waals surface area (Å²) in [7, 11) is 0. The molecule has 1 spiro atoms. The first-order valence-corrected chi connectivity index (χ1v) is 13.8. The second-order valence-electron chi connectivity index (χ2n) is 11.4. The first-order valence-electron chi connectivity index (χ1n) is 13.8. The number of fused-ring (bicyclic) bond motifs is 4. The lowest BCUT2D eigenvalue weighted by Crippen LogP contribution is -2.55. The molecule has 2 aromatic carbocycles. The Morgan fingerprint density at radius 3 is 2.51 bits per heavy atom. The van der Waals surface area contributed by atoms with Crippen molar-refractivity contribution in [2.45, 2.75) is 57.4 Å². The molecular formula is C32H31F2N3O2. The molecule has 0 N–H and O–H groups in total. The summed E-state index contributed by atoms with van der Waals surface area (Å²) in [6, 6.07) is 16.2. The lowest BCUT2D eigenvalue weighted by molar-refractivity contribution is -0.234. The highest BCUT2D eigenvalue weighted by Crippen LogP contribution is 2.57. The van der Waals surface area contributed by atoms with Crippen LogP contribution in [0.2, 0.25) is 0 Å². The third kappa shape index (κ3) is 3.74. The maximum atomic E-state index is 15.3. The summed E-state index contributed by atoms with van der Waals surface area (Å²) in [6.07, 6.45) is 3.29. The third-order valence-electron chi connectivity index (χ3n) is 9.41. The summed E-state index contributed by atoms with van der Waals surface area (Å²) < 4.78 is 41.6. The Morgan fingerprint density at radius 1 is 0.949 bits per heavy atom. The highest BCUT2D eigenvalue weighted by atomic mass is 19.1. The van der Waals surface area contributed by atoms with Gasteiger partial charge in [0.1, 0.15) is 12.5 Å². The highest BCUT2D eigenvalue weighted by molar-refractivity contribution is 5.93. The van der Waals surface area contributed by atoms with Crippen LogP contribution in [0.15, 0.2) is 54.6 Å². The Morgan fingerprint density at radius 2 is 1.72 bits per heavy atom.